The average Bonchev–Trinajstić information content (AvgIpc) is 2.41. The lowest BCUT2D eigenvalue weighted by molar-refractivity contribution is -0.384. The third-order valence-corrected chi connectivity index (χ3v) is 2.42. The molecule has 2 rings (SSSR count). The molecule has 7 nitrogen and oxygen atoms in total. The van der Waals surface area contributed by atoms with Crippen molar-refractivity contribution in [3.05, 3.63) is 57.2 Å². The van der Waals surface area contributed by atoms with Crippen LogP contribution in [0, 0.1) is 10.1 Å². The van der Waals surface area contributed by atoms with Crippen LogP contribution < -0.4 is 5.32 Å². The summed E-state index contributed by atoms with van der Waals surface area (Å²) >= 11 is 5.56. The number of carbonyl (C=O) groups excluding carboxylic acids is 1. The lowest BCUT2D eigenvalue weighted by atomic mass is 10.2. The molecular formula is C11H7ClN4O3. The van der Waals surface area contributed by atoms with Gasteiger partial charge in [-0.1, -0.05) is 11.6 Å². The number of hydrogen-bond acceptors (Lipinski definition) is 5. The molecule has 0 aliphatic rings. The van der Waals surface area contributed by atoms with Crippen LogP contribution in [0.5, 0.6) is 0 Å². The minimum atomic E-state index is -0.535. The molecule has 19 heavy (non-hydrogen) atoms. The van der Waals surface area contributed by atoms with Crippen LogP contribution in [0.15, 0.2) is 36.4 Å². The Bertz CT molecular complexity index is 613. The lowest BCUT2D eigenvalue weighted by Gasteiger charge is -2.03. The fraction of sp³-hybridized carbons (Fsp3) is 0. The van der Waals surface area contributed by atoms with E-state index in [1.807, 2.05) is 0 Å². The van der Waals surface area contributed by atoms with Gasteiger partial charge >= 0.3 is 0 Å². The van der Waals surface area contributed by atoms with Gasteiger partial charge in [-0.05, 0) is 24.3 Å². The zero-order valence-electron chi connectivity index (χ0n) is 9.41. The summed E-state index contributed by atoms with van der Waals surface area (Å²) in [5.74, 6) is -0.195. The molecule has 2 aromatic rings. The van der Waals surface area contributed by atoms with Gasteiger partial charge in [0.05, 0.1) is 4.92 Å². The lowest BCUT2D eigenvalue weighted by Crippen LogP contribution is -2.13. The van der Waals surface area contributed by atoms with E-state index in [-0.39, 0.29) is 22.2 Å². The highest BCUT2D eigenvalue weighted by Gasteiger charge is 2.10. The van der Waals surface area contributed by atoms with Crippen molar-refractivity contribution in [1.29, 1.82) is 0 Å². The molecule has 0 saturated heterocycles. The van der Waals surface area contributed by atoms with Crippen molar-refractivity contribution in [2.24, 2.45) is 0 Å². The number of nitrogens with one attached hydrogen (secondary N) is 1. The first kappa shape index (κ1) is 12.9. The maximum atomic E-state index is 11.8. The third-order valence-electron chi connectivity index (χ3n) is 2.21. The van der Waals surface area contributed by atoms with Crippen molar-refractivity contribution < 1.29 is 9.72 Å². The second-order valence-corrected chi connectivity index (χ2v) is 3.89. The zero-order valence-corrected chi connectivity index (χ0v) is 10.2. The number of nitro benzene ring substituents is 1. The molecule has 0 saturated carbocycles. The molecule has 1 amide bonds. The Morgan fingerprint density at radius 2 is 1.84 bits per heavy atom. The Labute approximate surface area is 112 Å². The molecule has 0 atom stereocenters. The van der Waals surface area contributed by atoms with Gasteiger partial charge in [-0.2, -0.15) is 0 Å². The van der Waals surface area contributed by atoms with Gasteiger partial charge in [0.2, 0.25) is 0 Å². The highest BCUT2D eigenvalue weighted by Crippen LogP contribution is 2.13. The largest absolute Gasteiger partial charge is 0.305 e. The SMILES string of the molecule is O=C(Nc1ccc(Cl)nn1)c1ccc([N+](=O)[O-])cc1. The predicted octanol–water partition coefficient (Wildman–Crippen LogP) is 2.29. The van der Waals surface area contributed by atoms with Crippen molar-refractivity contribution in [2.75, 3.05) is 5.32 Å². The molecule has 1 heterocycles. The molecule has 0 bridgehead atoms. The number of carbonyl (C=O) groups is 1. The maximum Gasteiger partial charge on any atom is 0.269 e. The van der Waals surface area contributed by atoms with Crippen LogP contribution in [0.1, 0.15) is 10.4 Å². The number of anilines is 1. The van der Waals surface area contributed by atoms with Crippen LogP contribution in [-0.4, -0.2) is 21.0 Å². The Morgan fingerprint density at radius 3 is 2.37 bits per heavy atom. The van der Waals surface area contributed by atoms with E-state index >= 15 is 0 Å². The van der Waals surface area contributed by atoms with E-state index < -0.39 is 10.8 Å². The van der Waals surface area contributed by atoms with Crippen molar-refractivity contribution in [2.45, 2.75) is 0 Å². The van der Waals surface area contributed by atoms with E-state index in [4.69, 9.17) is 11.6 Å². The number of nitro groups is 1. The number of rotatable bonds is 3. The summed E-state index contributed by atoms with van der Waals surface area (Å²) in [5, 5.41) is 20.4. The molecule has 0 aliphatic heterocycles. The second kappa shape index (κ2) is 5.40. The molecule has 0 fully saturated rings. The standard InChI is InChI=1S/C11H7ClN4O3/c12-9-5-6-10(15-14-9)13-11(17)7-1-3-8(4-2-7)16(18)19/h1-6H,(H,13,15,17). The van der Waals surface area contributed by atoms with Gasteiger partial charge in [-0.25, -0.2) is 0 Å². The van der Waals surface area contributed by atoms with Gasteiger partial charge in [0.15, 0.2) is 11.0 Å². The summed E-state index contributed by atoms with van der Waals surface area (Å²) in [6, 6.07) is 8.21. The summed E-state index contributed by atoms with van der Waals surface area (Å²) in [4.78, 5) is 21.7. The average molecular weight is 279 g/mol. The number of halogens is 1. The monoisotopic (exact) mass is 278 g/mol. The number of aromatic nitrogens is 2. The molecule has 0 unspecified atom stereocenters. The summed E-state index contributed by atoms with van der Waals surface area (Å²) in [5.41, 5.74) is 0.199. The summed E-state index contributed by atoms with van der Waals surface area (Å²) in [6.07, 6.45) is 0. The van der Waals surface area contributed by atoms with Crippen LogP contribution in [0.3, 0.4) is 0 Å². The van der Waals surface area contributed by atoms with E-state index in [1.165, 1.54) is 36.4 Å². The zero-order chi connectivity index (χ0) is 13.8. The van der Waals surface area contributed by atoms with Gasteiger partial charge in [-0.15, -0.1) is 10.2 Å². The first-order valence-electron chi connectivity index (χ1n) is 5.11. The number of amides is 1. The van der Waals surface area contributed by atoms with Crippen LogP contribution in [0.25, 0.3) is 0 Å². The van der Waals surface area contributed by atoms with Gasteiger partial charge < -0.3 is 5.32 Å². The molecule has 96 valence electrons. The van der Waals surface area contributed by atoms with E-state index in [9.17, 15) is 14.9 Å². The van der Waals surface area contributed by atoms with E-state index in [0.29, 0.717) is 0 Å². The Balaban J connectivity index is 2.11. The van der Waals surface area contributed by atoms with Crippen LogP contribution in [0.4, 0.5) is 11.5 Å². The molecule has 1 aromatic heterocycles. The van der Waals surface area contributed by atoms with E-state index in [1.54, 1.807) is 0 Å². The quantitative estimate of drug-likeness (QED) is 0.686. The minimum Gasteiger partial charge on any atom is -0.305 e. The Morgan fingerprint density at radius 1 is 1.16 bits per heavy atom. The fourth-order valence-corrected chi connectivity index (χ4v) is 1.41. The number of non-ortho nitro benzene ring substituents is 1. The molecule has 8 heteroatoms. The molecular weight excluding hydrogens is 272 g/mol. The van der Waals surface area contributed by atoms with Gasteiger partial charge in [0, 0.05) is 17.7 Å². The molecule has 1 N–H and O–H groups in total. The predicted molar refractivity (Wildman–Crippen MR) is 68.1 cm³/mol. The van der Waals surface area contributed by atoms with Gasteiger partial charge in [0.25, 0.3) is 11.6 Å². The number of benzene rings is 1. The molecule has 0 aliphatic carbocycles. The minimum absolute atomic E-state index is 0.0807. The van der Waals surface area contributed by atoms with E-state index in [0.717, 1.165) is 0 Å². The number of nitrogens with zero attached hydrogens (tertiary/aromatic N) is 3. The first-order chi connectivity index (χ1) is 9.06. The van der Waals surface area contributed by atoms with Crippen LogP contribution in [-0.2, 0) is 0 Å². The number of hydrogen-bond donors (Lipinski definition) is 1. The second-order valence-electron chi connectivity index (χ2n) is 3.50. The van der Waals surface area contributed by atoms with Gasteiger partial charge in [0.1, 0.15) is 0 Å². The van der Waals surface area contributed by atoms with Crippen LogP contribution >= 0.6 is 11.6 Å². The molecule has 0 radical (unpaired) electrons. The van der Waals surface area contributed by atoms with Crippen molar-refractivity contribution in [1.82, 2.24) is 10.2 Å². The fourth-order valence-electron chi connectivity index (χ4n) is 1.31. The van der Waals surface area contributed by atoms with E-state index in [2.05, 4.69) is 15.5 Å². The maximum absolute atomic E-state index is 11.8. The Hall–Kier alpha value is -2.54. The normalized spacial score (nSPS) is 9.95. The van der Waals surface area contributed by atoms with Crippen molar-refractivity contribution in [3.8, 4) is 0 Å². The van der Waals surface area contributed by atoms with Crippen molar-refractivity contribution in [3.63, 3.8) is 0 Å². The highest BCUT2D eigenvalue weighted by atomic mass is 35.5. The highest BCUT2D eigenvalue weighted by molar-refractivity contribution is 6.29. The third kappa shape index (κ3) is 3.23. The smallest absolute Gasteiger partial charge is 0.269 e. The summed E-state index contributed by atoms with van der Waals surface area (Å²) in [7, 11) is 0. The Kier molecular flexibility index (Phi) is 3.67. The van der Waals surface area contributed by atoms with Crippen molar-refractivity contribution >= 4 is 29.0 Å². The summed E-state index contributed by atoms with van der Waals surface area (Å²) in [6.45, 7) is 0. The molecule has 0 spiro atoms. The topological polar surface area (TPSA) is 98.0 Å². The summed E-state index contributed by atoms with van der Waals surface area (Å²) < 4.78 is 0. The molecule has 1 aromatic carbocycles. The first-order valence-corrected chi connectivity index (χ1v) is 5.49. The van der Waals surface area contributed by atoms with Gasteiger partial charge in [-0.3, -0.25) is 14.9 Å². The van der Waals surface area contributed by atoms with Crippen LogP contribution in [0.2, 0.25) is 5.15 Å².